The Bertz CT molecular complexity index is 1020. The maximum absolute atomic E-state index is 2.46. The standard InChI is InChI=1S/C26H30/c1-2-7-19(8-3-1)13-14-21-10-6-12-24-23(21)17-18-25-22-11-5-4-9-20(22)15-16-26(24)25/h4-5,9,11,15,17-19H,1-3,6-8,10,12-14,16H2. The van der Waals surface area contributed by atoms with Gasteiger partial charge in [0.2, 0.25) is 0 Å². The molecule has 0 radical (unpaired) electrons. The fourth-order valence-corrected chi connectivity index (χ4v) is 5.65. The molecule has 0 heteroatoms. The molecule has 0 aromatic heterocycles. The van der Waals surface area contributed by atoms with Crippen LogP contribution >= 0.6 is 0 Å². The molecule has 0 heterocycles. The third-order valence-corrected chi connectivity index (χ3v) is 7.07. The van der Waals surface area contributed by atoms with Crippen molar-refractivity contribution < 1.29 is 0 Å². The molecule has 26 heavy (non-hydrogen) atoms. The van der Waals surface area contributed by atoms with E-state index in [2.05, 4.69) is 42.5 Å². The third kappa shape index (κ3) is 2.94. The minimum atomic E-state index is 1.000. The summed E-state index contributed by atoms with van der Waals surface area (Å²) < 4.78 is 0. The van der Waals surface area contributed by atoms with E-state index in [4.69, 9.17) is 0 Å². The van der Waals surface area contributed by atoms with Crippen LogP contribution in [0.1, 0.15) is 68.9 Å². The molecule has 0 unspecified atom stereocenters. The van der Waals surface area contributed by atoms with Crippen LogP contribution in [0.5, 0.6) is 0 Å². The molecule has 0 amide bonds. The second-order valence-corrected chi connectivity index (χ2v) is 8.61. The molecule has 0 atom stereocenters. The van der Waals surface area contributed by atoms with Gasteiger partial charge in [-0.05, 0) is 76.4 Å². The largest absolute Gasteiger partial charge is 0.0722 e. The van der Waals surface area contributed by atoms with Gasteiger partial charge in [0.05, 0.1) is 0 Å². The average Bonchev–Trinajstić information content (AvgIpc) is 2.72. The molecule has 0 N–H and O–H groups in total. The summed E-state index contributed by atoms with van der Waals surface area (Å²) in [5.74, 6) is 1.000. The van der Waals surface area contributed by atoms with Gasteiger partial charge in [0.15, 0.2) is 0 Å². The summed E-state index contributed by atoms with van der Waals surface area (Å²) in [6, 6.07) is 13.8. The van der Waals surface area contributed by atoms with Crippen molar-refractivity contribution in [1.82, 2.24) is 0 Å². The van der Waals surface area contributed by atoms with Gasteiger partial charge in [0, 0.05) is 0 Å². The Hall–Kier alpha value is -1.82. The number of benzene rings is 2. The van der Waals surface area contributed by atoms with Crippen molar-refractivity contribution in [2.24, 2.45) is 5.92 Å². The van der Waals surface area contributed by atoms with Crippen molar-refractivity contribution >= 4 is 11.6 Å². The van der Waals surface area contributed by atoms with Crippen molar-refractivity contribution in [2.45, 2.75) is 70.6 Å². The predicted molar refractivity (Wildman–Crippen MR) is 110 cm³/mol. The van der Waals surface area contributed by atoms with Gasteiger partial charge < -0.3 is 0 Å². The molecule has 2 aromatic carbocycles. The maximum Gasteiger partial charge on any atom is -0.00791 e. The lowest BCUT2D eigenvalue weighted by Crippen LogP contribution is -2.23. The number of hydrogen-bond donors (Lipinski definition) is 0. The number of rotatable bonds is 3. The van der Waals surface area contributed by atoms with Gasteiger partial charge in [0.25, 0.3) is 0 Å². The molecule has 0 nitrogen and oxygen atoms in total. The molecule has 3 aliphatic rings. The number of hydrogen-bond acceptors (Lipinski definition) is 0. The highest BCUT2D eigenvalue weighted by Gasteiger charge is 2.18. The summed E-state index contributed by atoms with van der Waals surface area (Å²) in [5.41, 5.74) is 5.06. The SMILES string of the molecule is C1=c2ccccc2=c2ccc3c(c2C1)CCCC=3CCC1CCCCC1. The Morgan fingerprint density at radius 2 is 1.58 bits per heavy atom. The van der Waals surface area contributed by atoms with Crippen LogP contribution in [-0.4, -0.2) is 0 Å². The van der Waals surface area contributed by atoms with E-state index in [9.17, 15) is 0 Å². The molecule has 2 aromatic rings. The molecule has 134 valence electrons. The van der Waals surface area contributed by atoms with E-state index >= 15 is 0 Å². The van der Waals surface area contributed by atoms with Gasteiger partial charge in [-0.15, -0.1) is 0 Å². The summed E-state index contributed by atoms with van der Waals surface area (Å²) in [7, 11) is 0. The minimum absolute atomic E-state index is 1.000. The zero-order valence-electron chi connectivity index (χ0n) is 15.9. The normalized spacial score (nSPS) is 19.3. The molecule has 0 saturated heterocycles. The predicted octanol–water partition coefficient (Wildman–Crippen LogP) is 5.16. The van der Waals surface area contributed by atoms with Gasteiger partial charge in [0.1, 0.15) is 0 Å². The molecular formula is C26H30. The van der Waals surface area contributed by atoms with Crippen molar-refractivity contribution in [3.8, 4) is 0 Å². The quantitative estimate of drug-likeness (QED) is 0.723. The zero-order chi connectivity index (χ0) is 17.3. The summed E-state index contributed by atoms with van der Waals surface area (Å²) in [6.45, 7) is 0. The Morgan fingerprint density at radius 1 is 0.731 bits per heavy atom. The molecule has 1 saturated carbocycles. The average molecular weight is 343 g/mol. The van der Waals surface area contributed by atoms with Crippen LogP contribution in [0.2, 0.25) is 0 Å². The Kier molecular flexibility index (Phi) is 4.44. The van der Waals surface area contributed by atoms with E-state index in [1.165, 1.54) is 79.9 Å². The fraction of sp³-hybridized carbons (Fsp3) is 0.462. The molecular weight excluding hydrogens is 312 g/mol. The first kappa shape index (κ1) is 16.4. The molecule has 0 bridgehead atoms. The van der Waals surface area contributed by atoms with Crippen molar-refractivity contribution in [2.75, 3.05) is 0 Å². The van der Waals surface area contributed by atoms with Crippen LogP contribution in [0.3, 0.4) is 0 Å². The van der Waals surface area contributed by atoms with Crippen molar-refractivity contribution in [3.05, 3.63) is 68.4 Å². The fourth-order valence-electron chi connectivity index (χ4n) is 5.65. The van der Waals surface area contributed by atoms with Crippen LogP contribution in [0.15, 0.2) is 36.4 Å². The molecule has 0 spiro atoms. The Labute approximate surface area is 157 Å². The first-order chi connectivity index (χ1) is 12.9. The molecule has 0 aliphatic heterocycles. The molecule has 1 fully saturated rings. The summed E-state index contributed by atoms with van der Waals surface area (Å²) in [5, 5.41) is 5.97. The first-order valence-electron chi connectivity index (χ1n) is 10.8. The van der Waals surface area contributed by atoms with Gasteiger partial charge in [-0.2, -0.15) is 0 Å². The summed E-state index contributed by atoms with van der Waals surface area (Å²) in [4.78, 5) is 0. The van der Waals surface area contributed by atoms with E-state index in [0.717, 1.165) is 12.3 Å². The van der Waals surface area contributed by atoms with Gasteiger partial charge in [-0.25, -0.2) is 0 Å². The van der Waals surface area contributed by atoms with Gasteiger partial charge in [-0.3, -0.25) is 0 Å². The Balaban J connectivity index is 1.57. The van der Waals surface area contributed by atoms with E-state index < -0.39 is 0 Å². The van der Waals surface area contributed by atoms with Gasteiger partial charge in [-0.1, -0.05) is 80.2 Å². The first-order valence-corrected chi connectivity index (χ1v) is 10.8. The maximum atomic E-state index is 2.46. The second kappa shape index (κ2) is 7.06. The summed E-state index contributed by atoms with van der Waals surface area (Å²) >= 11 is 0. The Morgan fingerprint density at radius 3 is 2.50 bits per heavy atom. The molecule has 5 rings (SSSR count). The highest BCUT2D eigenvalue weighted by Crippen LogP contribution is 2.31. The number of fused-ring (bicyclic) bond motifs is 4. The monoisotopic (exact) mass is 342 g/mol. The van der Waals surface area contributed by atoms with Crippen LogP contribution in [0.4, 0.5) is 0 Å². The van der Waals surface area contributed by atoms with Crippen molar-refractivity contribution in [3.63, 3.8) is 0 Å². The summed E-state index contributed by atoms with van der Waals surface area (Å²) in [6.07, 6.45) is 17.7. The van der Waals surface area contributed by atoms with E-state index in [-0.39, 0.29) is 0 Å². The van der Waals surface area contributed by atoms with Crippen LogP contribution in [-0.2, 0) is 12.8 Å². The highest BCUT2D eigenvalue weighted by atomic mass is 14.2. The van der Waals surface area contributed by atoms with E-state index in [0.29, 0.717) is 0 Å². The lowest BCUT2D eigenvalue weighted by Gasteiger charge is -2.24. The lowest BCUT2D eigenvalue weighted by molar-refractivity contribution is 0.341. The van der Waals surface area contributed by atoms with E-state index in [1.54, 1.807) is 21.9 Å². The third-order valence-electron chi connectivity index (χ3n) is 7.07. The minimum Gasteiger partial charge on any atom is -0.0722 e. The smallest absolute Gasteiger partial charge is 0.00791 e. The molecule has 3 aliphatic carbocycles. The van der Waals surface area contributed by atoms with E-state index in [1.807, 2.05) is 0 Å². The highest BCUT2D eigenvalue weighted by molar-refractivity contribution is 5.54. The van der Waals surface area contributed by atoms with Gasteiger partial charge >= 0.3 is 0 Å². The second-order valence-electron chi connectivity index (χ2n) is 8.61. The zero-order valence-corrected chi connectivity index (χ0v) is 15.9. The lowest BCUT2D eigenvalue weighted by atomic mass is 9.81. The topological polar surface area (TPSA) is 0 Å². The van der Waals surface area contributed by atoms with Crippen LogP contribution < -0.4 is 10.4 Å². The van der Waals surface area contributed by atoms with Crippen LogP contribution in [0, 0.1) is 16.4 Å². The van der Waals surface area contributed by atoms with Crippen molar-refractivity contribution in [1.29, 1.82) is 0 Å². The van der Waals surface area contributed by atoms with Crippen LogP contribution in [0.25, 0.3) is 11.6 Å².